The first-order valence-corrected chi connectivity index (χ1v) is 13.5. The maximum absolute atomic E-state index is 10.7. The standard InChI is InChI=1S/C27H31N7O4S/c1-37-13-19-22(35)23(36)26(38-19)34-15-31-21-24(32-20(33-25(21)34)14-39-27(28)29)30-12-18(16-8-4-2-5-9-16)17-10-6-3-7-11-17/h2-11,15,18-19,22-23,26,35-36H,12-14H2,1H3,(H3,28,29)(H,30,32,33)/t19-,22-,23-,26-/m1/s1. The van der Waals surface area contributed by atoms with Gasteiger partial charge in [0.2, 0.25) is 0 Å². The Bertz CT molecular complexity index is 1370. The van der Waals surface area contributed by atoms with Crippen molar-refractivity contribution in [1.82, 2.24) is 19.5 Å². The summed E-state index contributed by atoms with van der Waals surface area (Å²) in [5.74, 6) is 1.26. The van der Waals surface area contributed by atoms with Gasteiger partial charge in [0.05, 0.1) is 18.7 Å². The van der Waals surface area contributed by atoms with E-state index < -0.39 is 24.5 Å². The third-order valence-corrected chi connectivity index (χ3v) is 7.36. The van der Waals surface area contributed by atoms with Crippen molar-refractivity contribution in [2.45, 2.75) is 36.2 Å². The number of hydrogen-bond donors (Lipinski definition) is 5. The smallest absolute Gasteiger partial charge is 0.168 e. The average molecular weight is 550 g/mol. The number of aromatic nitrogens is 4. The molecule has 0 saturated carbocycles. The van der Waals surface area contributed by atoms with Crippen molar-refractivity contribution < 1.29 is 19.7 Å². The maximum Gasteiger partial charge on any atom is 0.168 e. The molecule has 1 aliphatic heterocycles. The van der Waals surface area contributed by atoms with Gasteiger partial charge in [-0.2, -0.15) is 0 Å². The summed E-state index contributed by atoms with van der Waals surface area (Å²) >= 11 is 1.11. The summed E-state index contributed by atoms with van der Waals surface area (Å²) in [5.41, 5.74) is 8.80. The van der Waals surface area contributed by atoms with Crippen LogP contribution >= 0.6 is 11.8 Å². The molecule has 39 heavy (non-hydrogen) atoms. The zero-order valence-corrected chi connectivity index (χ0v) is 22.2. The van der Waals surface area contributed by atoms with Gasteiger partial charge in [0, 0.05) is 19.6 Å². The summed E-state index contributed by atoms with van der Waals surface area (Å²) in [5, 5.41) is 32.2. The summed E-state index contributed by atoms with van der Waals surface area (Å²) < 4.78 is 12.7. The molecular formula is C27H31N7O4S. The van der Waals surface area contributed by atoms with E-state index in [-0.39, 0.29) is 23.4 Å². The number of anilines is 1. The number of methoxy groups -OCH3 is 1. The minimum Gasteiger partial charge on any atom is -0.387 e. The molecule has 1 aliphatic rings. The molecule has 1 saturated heterocycles. The van der Waals surface area contributed by atoms with Crippen LogP contribution in [0.25, 0.3) is 11.2 Å². The van der Waals surface area contributed by atoms with Crippen molar-refractivity contribution in [2.24, 2.45) is 5.73 Å². The second-order valence-corrected chi connectivity index (χ2v) is 10.2. The number of fused-ring (bicyclic) bond motifs is 1. The Morgan fingerprint density at radius 2 is 1.77 bits per heavy atom. The highest BCUT2D eigenvalue weighted by atomic mass is 32.2. The summed E-state index contributed by atoms with van der Waals surface area (Å²) in [6, 6.07) is 20.4. The van der Waals surface area contributed by atoms with Gasteiger partial charge in [0.25, 0.3) is 0 Å². The van der Waals surface area contributed by atoms with E-state index in [1.165, 1.54) is 13.4 Å². The van der Waals surface area contributed by atoms with E-state index in [0.29, 0.717) is 29.4 Å². The van der Waals surface area contributed by atoms with Gasteiger partial charge in [-0.15, -0.1) is 0 Å². The van der Waals surface area contributed by atoms with Gasteiger partial charge < -0.3 is 30.7 Å². The Morgan fingerprint density at radius 1 is 1.10 bits per heavy atom. The third-order valence-electron chi connectivity index (χ3n) is 6.64. The Balaban J connectivity index is 1.50. The zero-order chi connectivity index (χ0) is 27.4. The number of rotatable bonds is 10. The highest BCUT2D eigenvalue weighted by Crippen LogP contribution is 2.33. The molecule has 0 amide bonds. The van der Waals surface area contributed by atoms with Gasteiger partial charge in [-0.25, -0.2) is 15.0 Å². The number of imidazole rings is 1. The fraction of sp³-hybridized carbons (Fsp3) is 0.333. The van der Waals surface area contributed by atoms with E-state index >= 15 is 0 Å². The number of nitrogens with zero attached hydrogens (tertiary/aromatic N) is 4. The normalized spacial score (nSPS) is 21.0. The van der Waals surface area contributed by atoms with Gasteiger partial charge in [-0.1, -0.05) is 72.4 Å². The maximum atomic E-state index is 10.7. The summed E-state index contributed by atoms with van der Waals surface area (Å²) in [4.78, 5) is 13.9. The fourth-order valence-electron chi connectivity index (χ4n) is 4.74. The van der Waals surface area contributed by atoms with E-state index in [1.807, 2.05) is 36.4 Å². The number of amidine groups is 1. The third kappa shape index (κ3) is 5.89. The first kappa shape index (κ1) is 27.0. The molecule has 6 N–H and O–H groups in total. The number of thioether (sulfide) groups is 1. The molecule has 0 radical (unpaired) electrons. The first-order valence-electron chi connectivity index (χ1n) is 12.5. The molecule has 4 aromatic rings. The monoisotopic (exact) mass is 549 g/mol. The lowest BCUT2D eigenvalue weighted by atomic mass is 9.91. The number of hydrogen-bond acceptors (Lipinski definition) is 10. The lowest BCUT2D eigenvalue weighted by molar-refractivity contribution is -0.0580. The molecule has 0 unspecified atom stereocenters. The van der Waals surface area contributed by atoms with E-state index in [0.717, 1.165) is 22.9 Å². The summed E-state index contributed by atoms with van der Waals surface area (Å²) in [6.45, 7) is 0.660. The minimum absolute atomic E-state index is 0.0412. The summed E-state index contributed by atoms with van der Waals surface area (Å²) in [6.07, 6.45) is -2.42. The van der Waals surface area contributed by atoms with Gasteiger partial charge >= 0.3 is 0 Å². The average Bonchev–Trinajstić information content (AvgIpc) is 3.49. The van der Waals surface area contributed by atoms with Crippen molar-refractivity contribution in [1.29, 1.82) is 5.41 Å². The molecule has 3 heterocycles. The Labute approximate surface area is 229 Å². The van der Waals surface area contributed by atoms with Gasteiger partial charge in [-0.3, -0.25) is 9.98 Å². The highest BCUT2D eigenvalue weighted by molar-refractivity contribution is 8.13. The Hall–Kier alpha value is -3.55. The molecule has 11 nitrogen and oxygen atoms in total. The van der Waals surface area contributed by atoms with Crippen LogP contribution in [0.2, 0.25) is 0 Å². The van der Waals surface area contributed by atoms with Crippen LogP contribution in [0.1, 0.15) is 29.1 Å². The van der Waals surface area contributed by atoms with Crippen molar-refractivity contribution in [3.63, 3.8) is 0 Å². The number of benzene rings is 2. The highest BCUT2D eigenvalue weighted by Gasteiger charge is 2.44. The number of ether oxygens (including phenoxy) is 2. The predicted octanol–water partition coefficient (Wildman–Crippen LogP) is 2.46. The lowest BCUT2D eigenvalue weighted by Gasteiger charge is -2.20. The second kappa shape index (κ2) is 12.1. The Kier molecular flexibility index (Phi) is 8.38. The quantitative estimate of drug-likeness (QED) is 0.147. The van der Waals surface area contributed by atoms with Crippen LogP contribution in [0, 0.1) is 5.41 Å². The predicted molar refractivity (Wildman–Crippen MR) is 150 cm³/mol. The molecule has 0 bridgehead atoms. The van der Waals surface area contributed by atoms with Crippen LogP contribution in [-0.2, 0) is 15.2 Å². The van der Waals surface area contributed by atoms with Crippen LogP contribution < -0.4 is 11.1 Å². The van der Waals surface area contributed by atoms with Crippen LogP contribution in [0.15, 0.2) is 67.0 Å². The molecule has 12 heteroatoms. The van der Waals surface area contributed by atoms with Crippen molar-refractivity contribution in [3.05, 3.63) is 83.9 Å². The van der Waals surface area contributed by atoms with Crippen molar-refractivity contribution >= 4 is 33.9 Å². The fourth-order valence-corrected chi connectivity index (χ4v) is 5.15. The van der Waals surface area contributed by atoms with Crippen LogP contribution in [0.3, 0.4) is 0 Å². The Morgan fingerprint density at radius 3 is 2.38 bits per heavy atom. The minimum atomic E-state index is -1.20. The zero-order valence-electron chi connectivity index (χ0n) is 21.3. The molecule has 204 valence electrons. The molecule has 0 spiro atoms. The molecule has 0 aliphatic carbocycles. The molecule has 4 atom stereocenters. The van der Waals surface area contributed by atoms with Gasteiger partial charge in [0.15, 0.2) is 28.4 Å². The first-order chi connectivity index (χ1) is 19.0. The van der Waals surface area contributed by atoms with E-state index in [1.54, 1.807) is 4.57 Å². The van der Waals surface area contributed by atoms with E-state index in [4.69, 9.17) is 25.6 Å². The number of aliphatic hydroxyl groups is 2. The van der Waals surface area contributed by atoms with Crippen molar-refractivity contribution in [2.75, 3.05) is 25.6 Å². The van der Waals surface area contributed by atoms with Crippen molar-refractivity contribution in [3.8, 4) is 0 Å². The second-order valence-electron chi connectivity index (χ2n) is 9.22. The molecule has 2 aromatic carbocycles. The molecule has 1 fully saturated rings. The molecule has 2 aromatic heterocycles. The van der Waals surface area contributed by atoms with Crippen LogP contribution in [0.4, 0.5) is 5.82 Å². The summed E-state index contributed by atoms with van der Waals surface area (Å²) in [7, 11) is 1.50. The molecule has 5 rings (SSSR count). The SMILES string of the molecule is COC[C@H]1O[C@@H](n2cnc3c(NCC(c4ccccc4)c4ccccc4)nc(CSC(=N)N)nc32)[C@H](O)[C@@H]1O. The largest absolute Gasteiger partial charge is 0.387 e. The lowest BCUT2D eigenvalue weighted by Crippen LogP contribution is -2.33. The van der Waals surface area contributed by atoms with Gasteiger partial charge in [0.1, 0.15) is 24.1 Å². The van der Waals surface area contributed by atoms with Crippen LogP contribution in [0.5, 0.6) is 0 Å². The van der Waals surface area contributed by atoms with Crippen LogP contribution in [-0.4, -0.2) is 73.5 Å². The van der Waals surface area contributed by atoms with E-state index in [2.05, 4.69) is 39.6 Å². The number of nitrogens with one attached hydrogen (secondary N) is 2. The topological polar surface area (TPSA) is 164 Å². The van der Waals surface area contributed by atoms with Gasteiger partial charge in [-0.05, 0) is 11.1 Å². The number of nitrogens with two attached hydrogens (primary N) is 1. The van der Waals surface area contributed by atoms with E-state index in [9.17, 15) is 10.2 Å². The number of aliphatic hydroxyl groups excluding tert-OH is 2. The molecular weight excluding hydrogens is 518 g/mol.